The van der Waals surface area contributed by atoms with Crippen molar-refractivity contribution in [1.29, 1.82) is 0 Å². The number of nitrogens with zero attached hydrogens (tertiary/aromatic N) is 2. The number of likely N-dealkylation sites (N-methyl/N-ethyl adjacent to an activating group) is 1. The van der Waals surface area contributed by atoms with E-state index < -0.39 is 10.5 Å². The first-order valence-corrected chi connectivity index (χ1v) is 5.39. The second-order valence-electron chi connectivity index (χ2n) is 4.90. The molecule has 0 amide bonds. The summed E-state index contributed by atoms with van der Waals surface area (Å²) >= 11 is 0. The van der Waals surface area contributed by atoms with Crippen molar-refractivity contribution in [3.05, 3.63) is 33.9 Å². The number of nitro groups is 1. The smallest absolute Gasteiger partial charge is 0.274 e. The highest BCUT2D eigenvalue weighted by molar-refractivity contribution is 5.56. The Kier molecular flexibility index (Phi) is 3.72. The molecule has 0 spiro atoms. The van der Waals surface area contributed by atoms with Crippen molar-refractivity contribution in [1.82, 2.24) is 0 Å². The van der Waals surface area contributed by atoms with Gasteiger partial charge in [-0.05, 0) is 26.8 Å². The molecular formula is C12H18N2O3. The first kappa shape index (κ1) is 13.4. The van der Waals surface area contributed by atoms with Crippen LogP contribution in [0.5, 0.6) is 0 Å². The molecule has 0 fully saturated rings. The Morgan fingerprint density at radius 1 is 1.47 bits per heavy atom. The number of aryl methyl sites for hydroxylation is 1. The summed E-state index contributed by atoms with van der Waals surface area (Å²) in [6, 6.07) is 5.06. The van der Waals surface area contributed by atoms with Gasteiger partial charge in [0.1, 0.15) is 0 Å². The van der Waals surface area contributed by atoms with E-state index in [9.17, 15) is 15.2 Å². The first-order chi connectivity index (χ1) is 7.70. The summed E-state index contributed by atoms with van der Waals surface area (Å²) in [6.07, 6.45) is 0. The quantitative estimate of drug-likeness (QED) is 0.644. The minimum atomic E-state index is -0.839. The number of hydrogen-bond acceptors (Lipinski definition) is 4. The normalized spacial score (nSPS) is 11.4. The summed E-state index contributed by atoms with van der Waals surface area (Å²) in [7, 11) is 1.80. The van der Waals surface area contributed by atoms with Crippen LogP contribution in [-0.4, -0.2) is 29.2 Å². The Hall–Kier alpha value is -1.62. The molecule has 0 heterocycles. The van der Waals surface area contributed by atoms with Crippen molar-refractivity contribution < 1.29 is 10.0 Å². The molecule has 0 bridgehead atoms. The van der Waals surface area contributed by atoms with Crippen LogP contribution in [-0.2, 0) is 0 Å². The largest absolute Gasteiger partial charge is 0.389 e. The molecule has 0 saturated carbocycles. The van der Waals surface area contributed by atoms with Gasteiger partial charge < -0.3 is 10.0 Å². The van der Waals surface area contributed by atoms with Gasteiger partial charge in [-0.2, -0.15) is 0 Å². The van der Waals surface area contributed by atoms with Crippen molar-refractivity contribution in [2.45, 2.75) is 26.4 Å². The van der Waals surface area contributed by atoms with Crippen LogP contribution in [0.3, 0.4) is 0 Å². The third kappa shape index (κ3) is 3.71. The van der Waals surface area contributed by atoms with E-state index in [-0.39, 0.29) is 5.69 Å². The molecule has 0 aliphatic heterocycles. The maximum atomic E-state index is 10.8. The lowest BCUT2D eigenvalue weighted by molar-refractivity contribution is -0.385. The molecule has 94 valence electrons. The van der Waals surface area contributed by atoms with E-state index >= 15 is 0 Å². The Balaban J connectivity index is 3.00. The summed E-state index contributed by atoms with van der Waals surface area (Å²) < 4.78 is 0. The van der Waals surface area contributed by atoms with Crippen molar-refractivity contribution in [2.24, 2.45) is 0 Å². The fourth-order valence-corrected chi connectivity index (χ4v) is 1.70. The van der Waals surface area contributed by atoms with Crippen LogP contribution < -0.4 is 4.90 Å². The second kappa shape index (κ2) is 4.71. The van der Waals surface area contributed by atoms with Gasteiger partial charge in [-0.1, -0.05) is 6.07 Å². The van der Waals surface area contributed by atoms with Gasteiger partial charge in [0.25, 0.3) is 5.69 Å². The van der Waals surface area contributed by atoms with Crippen molar-refractivity contribution >= 4 is 11.4 Å². The van der Waals surface area contributed by atoms with Crippen LogP contribution >= 0.6 is 0 Å². The van der Waals surface area contributed by atoms with Crippen molar-refractivity contribution in [3.63, 3.8) is 0 Å². The van der Waals surface area contributed by atoms with Crippen LogP contribution in [0.2, 0.25) is 0 Å². The Labute approximate surface area is 101 Å². The fraction of sp³-hybridized carbons (Fsp3) is 0.500. The minimum Gasteiger partial charge on any atom is -0.389 e. The van der Waals surface area contributed by atoms with E-state index in [1.54, 1.807) is 38.8 Å². The lowest BCUT2D eigenvalue weighted by atomic mass is 10.1. The van der Waals surface area contributed by atoms with Crippen LogP contribution in [0.1, 0.15) is 19.4 Å². The Bertz CT molecular complexity index is 424. The molecular weight excluding hydrogens is 220 g/mol. The van der Waals surface area contributed by atoms with Gasteiger partial charge in [0.05, 0.1) is 10.5 Å². The lowest BCUT2D eigenvalue weighted by Crippen LogP contribution is -2.36. The molecule has 1 rings (SSSR count). The summed E-state index contributed by atoms with van der Waals surface area (Å²) in [5.41, 5.74) is 0.624. The van der Waals surface area contributed by atoms with Gasteiger partial charge in [0.2, 0.25) is 0 Å². The highest BCUT2D eigenvalue weighted by atomic mass is 16.6. The van der Waals surface area contributed by atoms with E-state index in [0.717, 1.165) is 5.69 Å². The van der Waals surface area contributed by atoms with E-state index in [2.05, 4.69) is 0 Å². The van der Waals surface area contributed by atoms with Crippen LogP contribution in [0.25, 0.3) is 0 Å². The lowest BCUT2D eigenvalue weighted by Gasteiger charge is -2.27. The maximum absolute atomic E-state index is 10.8. The summed E-state index contributed by atoms with van der Waals surface area (Å²) in [6.45, 7) is 5.52. The molecule has 0 unspecified atom stereocenters. The third-order valence-electron chi connectivity index (χ3n) is 2.45. The first-order valence-electron chi connectivity index (χ1n) is 5.39. The standard InChI is InChI=1S/C12H18N2O3/c1-9-5-6-10(7-11(9)14(16)17)13(4)8-12(2,3)15/h5-7,15H,8H2,1-4H3. The molecule has 0 aliphatic rings. The predicted octanol–water partition coefficient (Wildman–Crippen LogP) is 2.11. The summed E-state index contributed by atoms with van der Waals surface area (Å²) in [4.78, 5) is 12.2. The maximum Gasteiger partial charge on any atom is 0.274 e. The monoisotopic (exact) mass is 238 g/mol. The zero-order valence-corrected chi connectivity index (χ0v) is 10.6. The highest BCUT2D eigenvalue weighted by Crippen LogP contribution is 2.25. The number of aliphatic hydroxyl groups is 1. The Morgan fingerprint density at radius 2 is 2.06 bits per heavy atom. The molecule has 1 N–H and O–H groups in total. The van der Waals surface area contributed by atoms with Gasteiger partial charge in [0, 0.05) is 30.9 Å². The molecule has 5 heteroatoms. The van der Waals surface area contributed by atoms with Gasteiger partial charge in [0.15, 0.2) is 0 Å². The molecule has 1 aromatic rings. The van der Waals surface area contributed by atoms with Crippen LogP contribution in [0, 0.1) is 17.0 Å². The third-order valence-corrected chi connectivity index (χ3v) is 2.45. The van der Waals surface area contributed by atoms with E-state index in [0.29, 0.717) is 12.1 Å². The molecule has 0 aliphatic carbocycles. The highest BCUT2D eigenvalue weighted by Gasteiger charge is 2.18. The van der Waals surface area contributed by atoms with E-state index in [1.807, 2.05) is 6.07 Å². The van der Waals surface area contributed by atoms with E-state index in [4.69, 9.17) is 0 Å². The summed E-state index contributed by atoms with van der Waals surface area (Å²) in [5.74, 6) is 0. The van der Waals surface area contributed by atoms with E-state index in [1.165, 1.54) is 6.07 Å². The SMILES string of the molecule is Cc1ccc(N(C)CC(C)(C)O)cc1[N+](=O)[O-]. The number of nitro benzene ring substituents is 1. The van der Waals surface area contributed by atoms with Gasteiger partial charge in [-0.3, -0.25) is 10.1 Å². The molecule has 5 nitrogen and oxygen atoms in total. The zero-order chi connectivity index (χ0) is 13.2. The molecule has 17 heavy (non-hydrogen) atoms. The number of rotatable bonds is 4. The average molecular weight is 238 g/mol. The number of anilines is 1. The number of hydrogen-bond donors (Lipinski definition) is 1. The van der Waals surface area contributed by atoms with Crippen LogP contribution in [0.15, 0.2) is 18.2 Å². The molecule has 1 aromatic carbocycles. The molecule has 0 aromatic heterocycles. The van der Waals surface area contributed by atoms with Gasteiger partial charge in [-0.25, -0.2) is 0 Å². The Morgan fingerprint density at radius 3 is 2.53 bits per heavy atom. The number of benzene rings is 1. The van der Waals surface area contributed by atoms with Gasteiger partial charge in [-0.15, -0.1) is 0 Å². The van der Waals surface area contributed by atoms with Gasteiger partial charge >= 0.3 is 0 Å². The fourth-order valence-electron chi connectivity index (χ4n) is 1.70. The zero-order valence-electron chi connectivity index (χ0n) is 10.6. The van der Waals surface area contributed by atoms with Crippen molar-refractivity contribution in [2.75, 3.05) is 18.5 Å². The molecule has 0 atom stereocenters. The average Bonchev–Trinajstić information content (AvgIpc) is 2.14. The minimum absolute atomic E-state index is 0.102. The predicted molar refractivity (Wildman–Crippen MR) is 67.4 cm³/mol. The molecule has 0 saturated heterocycles. The topological polar surface area (TPSA) is 66.6 Å². The second-order valence-corrected chi connectivity index (χ2v) is 4.90. The summed E-state index contributed by atoms with van der Waals surface area (Å²) in [5, 5.41) is 20.5. The molecule has 0 radical (unpaired) electrons. The van der Waals surface area contributed by atoms with Crippen molar-refractivity contribution in [3.8, 4) is 0 Å². The van der Waals surface area contributed by atoms with Crippen LogP contribution in [0.4, 0.5) is 11.4 Å².